The van der Waals surface area contributed by atoms with E-state index in [9.17, 15) is 4.21 Å². The van der Waals surface area contributed by atoms with Gasteiger partial charge >= 0.3 is 0 Å². The lowest BCUT2D eigenvalue weighted by molar-refractivity contribution is 0.683. The number of hydrogen-bond acceptors (Lipinski definition) is 4. The summed E-state index contributed by atoms with van der Waals surface area (Å²) in [5, 5.41) is 5.54. The molecular formula is C29H26Cl3N3OS. The maximum atomic E-state index is 13.0. The van der Waals surface area contributed by atoms with Gasteiger partial charge in [0.1, 0.15) is 11.0 Å². The van der Waals surface area contributed by atoms with Gasteiger partial charge in [0.05, 0.1) is 33.2 Å². The molecular weight excluding hydrogens is 545 g/mol. The van der Waals surface area contributed by atoms with Crippen LogP contribution in [0, 0.1) is 0 Å². The Hall–Kier alpha value is -2.83. The Morgan fingerprint density at radius 3 is 2.03 bits per heavy atom. The lowest BCUT2D eigenvalue weighted by Crippen LogP contribution is -2.34. The Bertz CT molecular complexity index is 1540. The van der Waals surface area contributed by atoms with Crippen LogP contribution in [-0.2, 0) is 10.8 Å². The minimum Gasteiger partial charge on any atom is -0.354 e. The van der Waals surface area contributed by atoms with Gasteiger partial charge in [-0.05, 0) is 68.4 Å². The van der Waals surface area contributed by atoms with Crippen molar-refractivity contribution >= 4 is 85.3 Å². The summed E-state index contributed by atoms with van der Waals surface area (Å²) in [7, 11) is -1.24. The molecule has 0 spiro atoms. The molecule has 0 aliphatic carbocycles. The van der Waals surface area contributed by atoms with Crippen LogP contribution in [0.1, 0.15) is 13.8 Å². The molecule has 0 radical (unpaired) electrons. The zero-order valence-corrected chi connectivity index (χ0v) is 23.4. The van der Waals surface area contributed by atoms with Crippen LogP contribution in [0.15, 0.2) is 107 Å². The van der Waals surface area contributed by atoms with Crippen molar-refractivity contribution in [2.75, 3.05) is 10.2 Å². The third kappa shape index (κ3) is 5.55. The van der Waals surface area contributed by atoms with Gasteiger partial charge in [0.15, 0.2) is 0 Å². The van der Waals surface area contributed by atoms with Crippen molar-refractivity contribution in [2.45, 2.75) is 34.6 Å². The van der Waals surface area contributed by atoms with Gasteiger partial charge < -0.3 is 10.2 Å². The Balaban J connectivity index is 0.00000320. The molecule has 0 aliphatic rings. The predicted octanol–water partition coefficient (Wildman–Crippen LogP) is 8.70. The zero-order chi connectivity index (χ0) is 25.2. The largest absolute Gasteiger partial charge is 0.354 e. The van der Waals surface area contributed by atoms with Crippen molar-refractivity contribution in [3.63, 3.8) is 0 Å². The van der Waals surface area contributed by atoms with Crippen LogP contribution in [0.5, 0.6) is 0 Å². The molecule has 4 aromatic carbocycles. The van der Waals surface area contributed by atoms with Crippen molar-refractivity contribution in [1.29, 1.82) is 0 Å². The molecule has 0 fully saturated rings. The van der Waals surface area contributed by atoms with E-state index in [-0.39, 0.29) is 23.4 Å². The number of aromatic nitrogens is 1. The Morgan fingerprint density at radius 1 is 0.757 bits per heavy atom. The number of halogens is 3. The van der Waals surface area contributed by atoms with Crippen molar-refractivity contribution < 1.29 is 4.21 Å². The van der Waals surface area contributed by atoms with Crippen molar-refractivity contribution in [3.8, 4) is 0 Å². The average Bonchev–Trinajstić information content (AvgIpc) is 2.89. The number of anilines is 3. The predicted molar refractivity (Wildman–Crippen MR) is 160 cm³/mol. The summed E-state index contributed by atoms with van der Waals surface area (Å²) in [5.74, 6) is 0. The summed E-state index contributed by atoms with van der Waals surface area (Å²) in [4.78, 5) is 8.41. The molecule has 0 bridgehead atoms. The highest BCUT2D eigenvalue weighted by Crippen LogP contribution is 2.40. The Labute approximate surface area is 235 Å². The molecule has 190 valence electrons. The average molecular weight is 571 g/mol. The maximum absolute atomic E-state index is 13.0. The van der Waals surface area contributed by atoms with Gasteiger partial charge in [-0.2, -0.15) is 0 Å². The summed E-state index contributed by atoms with van der Waals surface area (Å²) in [6, 6.07) is 31.2. The molecule has 4 nitrogen and oxygen atoms in total. The minimum atomic E-state index is -1.24. The fourth-order valence-corrected chi connectivity index (χ4v) is 6.09. The number of benzene rings is 4. The van der Waals surface area contributed by atoms with Crippen LogP contribution in [-0.4, -0.2) is 20.2 Å². The summed E-state index contributed by atoms with van der Waals surface area (Å²) in [6.07, 6.45) is 0. The second-order valence-electron chi connectivity index (χ2n) is 8.46. The van der Waals surface area contributed by atoms with E-state index in [0.29, 0.717) is 0 Å². The molecule has 8 heteroatoms. The number of pyridine rings is 1. The summed E-state index contributed by atoms with van der Waals surface area (Å²) >= 11 is 13.1. The van der Waals surface area contributed by atoms with E-state index in [1.54, 1.807) is 0 Å². The van der Waals surface area contributed by atoms with Gasteiger partial charge in [0.25, 0.3) is 0 Å². The number of nitrogens with zero attached hydrogens (tertiary/aromatic N) is 2. The van der Waals surface area contributed by atoms with E-state index in [2.05, 4.69) is 11.4 Å². The molecule has 3 atom stereocenters. The van der Waals surface area contributed by atoms with Gasteiger partial charge in [0, 0.05) is 26.3 Å². The van der Waals surface area contributed by atoms with Crippen molar-refractivity contribution in [3.05, 3.63) is 97.1 Å². The topological polar surface area (TPSA) is 45.2 Å². The van der Waals surface area contributed by atoms with Gasteiger partial charge in [-0.3, -0.25) is 0 Å². The second kappa shape index (κ2) is 11.7. The number of rotatable bonds is 7. The molecule has 5 aromatic rings. The lowest BCUT2D eigenvalue weighted by atomic mass is 10.0. The highest BCUT2D eigenvalue weighted by atomic mass is 35.5. The maximum Gasteiger partial charge on any atom is 0.102 e. The van der Waals surface area contributed by atoms with Crippen LogP contribution < -0.4 is 10.2 Å². The van der Waals surface area contributed by atoms with E-state index in [4.69, 9.17) is 28.2 Å². The molecule has 1 heterocycles. The number of fused-ring (bicyclic) bond motifs is 2. The summed E-state index contributed by atoms with van der Waals surface area (Å²) in [6.45, 7) is 3.82. The quantitative estimate of drug-likeness (QED) is 0.121. The molecule has 0 saturated carbocycles. The second-order valence-corrected chi connectivity index (χ2v) is 11.2. The summed E-state index contributed by atoms with van der Waals surface area (Å²) in [5.41, 5.74) is 3.78. The first-order chi connectivity index (χ1) is 17.4. The highest BCUT2D eigenvalue weighted by Gasteiger charge is 2.22. The Kier molecular flexibility index (Phi) is 8.60. The number of hydrogen-bond donors (Lipinski definition) is 1. The number of para-hydroxylation sites is 1. The van der Waals surface area contributed by atoms with Crippen LogP contribution in [0.25, 0.3) is 21.8 Å². The Morgan fingerprint density at radius 2 is 1.35 bits per heavy atom. The van der Waals surface area contributed by atoms with E-state index in [1.165, 1.54) is 0 Å². The minimum absolute atomic E-state index is 0. The monoisotopic (exact) mass is 569 g/mol. The molecule has 0 aliphatic heterocycles. The first-order valence-electron chi connectivity index (χ1n) is 11.7. The molecule has 1 aromatic heterocycles. The van der Waals surface area contributed by atoms with E-state index < -0.39 is 10.8 Å². The first kappa shape index (κ1) is 27.2. The van der Waals surface area contributed by atoms with E-state index >= 15 is 0 Å². The standard InChI is InChI=1S/C29H25Cl2N3OS.ClH/c1-19(30)34(20(2)31)27-14-8-13-26-28(27)29(24-11-6-7-12-25(24)33-26)32-21-15-17-23(18-16-21)36(35)22-9-4-3-5-10-22;/h3-20H,1-2H3,(H,32,33);1H. The highest BCUT2D eigenvalue weighted by molar-refractivity contribution is 7.85. The third-order valence-corrected chi connectivity index (χ3v) is 7.85. The number of alkyl halides is 2. The van der Waals surface area contributed by atoms with Crippen LogP contribution in [0.3, 0.4) is 0 Å². The van der Waals surface area contributed by atoms with Gasteiger partial charge in [-0.25, -0.2) is 9.19 Å². The van der Waals surface area contributed by atoms with E-state index in [0.717, 1.165) is 48.7 Å². The molecule has 3 unspecified atom stereocenters. The fourth-order valence-electron chi connectivity index (χ4n) is 4.42. The van der Waals surface area contributed by atoms with Crippen LogP contribution >= 0.6 is 35.6 Å². The normalized spacial score (nSPS) is 13.5. The van der Waals surface area contributed by atoms with Gasteiger partial charge in [0.2, 0.25) is 0 Å². The first-order valence-corrected chi connectivity index (χ1v) is 13.7. The van der Waals surface area contributed by atoms with E-state index in [1.807, 2.05) is 110 Å². The van der Waals surface area contributed by atoms with Crippen molar-refractivity contribution in [2.24, 2.45) is 0 Å². The van der Waals surface area contributed by atoms with Gasteiger partial charge in [-0.15, -0.1) is 12.4 Å². The SMILES string of the molecule is CC(Cl)N(c1cccc2nc3ccccc3c(Nc3ccc(S(=O)c4ccccc4)cc3)c12)C(C)Cl.Cl. The lowest BCUT2D eigenvalue weighted by Gasteiger charge is -2.31. The molecule has 0 amide bonds. The van der Waals surface area contributed by atoms with Gasteiger partial charge in [-0.1, -0.05) is 65.7 Å². The van der Waals surface area contributed by atoms with Crippen LogP contribution in [0.4, 0.5) is 17.1 Å². The molecule has 1 N–H and O–H groups in total. The molecule has 5 rings (SSSR count). The fraction of sp³-hybridized carbons (Fsp3) is 0.138. The van der Waals surface area contributed by atoms with Crippen molar-refractivity contribution in [1.82, 2.24) is 4.98 Å². The third-order valence-electron chi connectivity index (χ3n) is 6.02. The molecule has 37 heavy (non-hydrogen) atoms. The van der Waals surface area contributed by atoms with Crippen LogP contribution in [0.2, 0.25) is 0 Å². The summed E-state index contributed by atoms with van der Waals surface area (Å²) < 4.78 is 13.0. The number of nitrogens with one attached hydrogen (secondary N) is 1. The zero-order valence-electron chi connectivity index (χ0n) is 20.3. The molecule has 0 saturated heterocycles. The smallest absolute Gasteiger partial charge is 0.102 e.